The molecule has 2 aromatic rings. The first kappa shape index (κ1) is 11.6. The molecule has 5 heteroatoms. The van der Waals surface area contributed by atoms with E-state index in [2.05, 4.69) is 4.98 Å². The summed E-state index contributed by atoms with van der Waals surface area (Å²) in [6, 6.07) is 10.6. The zero-order valence-corrected chi connectivity index (χ0v) is 9.98. The predicted octanol–water partition coefficient (Wildman–Crippen LogP) is 3.38. The summed E-state index contributed by atoms with van der Waals surface area (Å²) in [6.45, 7) is 0. The number of nitro groups is 1. The molecule has 86 valence electrons. The van der Waals surface area contributed by atoms with E-state index in [0.29, 0.717) is 5.69 Å². The first-order valence-corrected chi connectivity index (χ1v) is 6.18. The predicted molar refractivity (Wildman–Crippen MR) is 68.1 cm³/mol. The Bertz CT molecular complexity index is 540. The van der Waals surface area contributed by atoms with Crippen molar-refractivity contribution in [2.24, 2.45) is 0 Å². The molecule has 0 bridgehead atoms. The molecule has 0 amide bonds. The molecule has 17 heavy (non-hydrogen) atoms. The monoisotopic (exact) mass is 246 g/mol. The van der Waals surface area contributed by atoms with E-state index in [1.807, 2.05) is 30.5 Å². The van der Waals surface area contributed by atoms with Crippen LogP contribution in [0.25, 0.3) is 11.3 Å². The van der Waals surface area contributed by atoms with Crippen LogP contribution in [0.1, 0.15) is 0 Å². The highest BCUT2D eigenvalue weighted by molar-refractivity contribution is 7.98. The van der Waals surface area contributed by atoms with Crippen molar-refractivity contribution < 1.29 is 4.92 Å². The van der Waals surface area contributed by atoms with Crippen molar-refractivity contribution in [2.75, 3.05) is 6.26 Å². The fourth-order valence-corrected chi connectivity index (χ4v) is 1.92. The second-order valence-electron chi connectivity index (χ2n) is 3.36. The smallest absolute Gasteiger partial charge is 0.258 e. The quantitative estimate of drug-likeness (QED) is 0.473. The number of aromatic nitrogens is 1. The van der Waals surface area contributed by atoms with Gasteiger partial charge in [-0.3, -0.25) is 10.1 Å². The van der Waals surface area contributed by atoms with Crippen LogP contribution in [0, 0.1) is 10.1 Å². The van der Waals surface area contributed by atoms with Gasteiger partial charge in [-0.2, -0.15) is 0 Å². The second-order valence-corrected chi connectivity index (χ2v) is 4.24. The fraction of sp³-hybridized carbons (Fsp3) is 0.0833. The van der Waals surface area contributed by atoms with Crippen LogP contribution >= 0.6 is 11.8 Å². The molecule has 1 aromatic heterocycles. The third-order valence-electron chi connectivity index (χ3n) is 2.35. The van der Waals surface area contributed by atoms with Crippen LogP contribution in [-0.2, 0) is 0 Å². The summed E-state index contributed by atoms with van der Waals surface area (Å²) in [5.41, 5.74) is 1.20. The van der Waals surface area contributed by atoms with Gasteiger partial charge in [0.25, 0.3) is 5.69 Å². The summed E-state index contributed by atoms with van der Waals surface area (Å²) in [5.74, 6) is 0. The molecule has 0 atom stereocenters. The number of hydrogen-bond donors (Lipinski definition) is 0. The van der Waals surface area contributed by atoms with Gasteiger partial charge in [-0.15, -0.1) is 11.8 Å². The second kappa shape index (κ2) is 4.97. The molecule has 1 heterocycles. The number of hydrogen-bond acceptors (Lipinski definition) is 4. The Morgan fingerprint density at radius 2 is 1.94 bits per heavy atom. The molecule has 0 spiro atoms. The standard InChI is InChI=1S/C12H10N2O2S/c1-17-10-6-4-9(5-7-10)12-11(14(15)16)3-2-8-13-12/h2-8H,1H3. The summed E-state index contributed by atoms with van der Waals surface area (Å²) >= 11 is 1.63. The van der Waals surface area contributed by atoms with Crippen LogP contribution in [0.5, 0.6) is 0 Å². The third kappa shape index (κ3) is 2.45. The maximum absolute atomic E-state index is 10.9. The van der Waals surface area contributed by atoms with Crippen LogP contribution in [0.3, 0.4) is 0 Å². The minimum atomic E-state index is -0.412. The molecule has 0 saturated carbocycles. The molecule has 0 aliphatic carbocycles. The first-order valence-electron chi connectivity index (χ1n) is 4.96. The third-order valence-corrected chi connectivity index (χ3v) is 3.09. The maximum Gasteiger partial charge on any atom is 0.295 e. The van der Waals surface area contributed by atoms with Gasteiger partial charge in [-0.05, 0) is 24.5 Å². The molecule has 0 fully saturated rings. The van der Waals surface area contributed by atoms with Crippen molar-refractivity contribution in [3.63, 3.8) is 0 Å². The summed E-state index contributed by atoms with van der Waals surface area (Å²) < 4.78 is 0. The zero-order chi connectivity index (χ0) is 12.3. The summed E-state index contributed by atoms with van der Waals surface area (Å²) in [7, 11) is 0. The number of thioether (sulfide) groups is 1. The van der Waals surface area contributed by atoms with E-state index >= 15 is 0 Å². The van der Waals surface area contributed by atoms with Crippen LogP contribution in [0.4, 0.5) is 5.69 Å². The van der Waals surface area contributed by atoms with Gasteiger partial charge in [-0.1, -0.05) is 12.1 Å². The normalized spacial score (nSPS) is 10.2. The highest BCUT2D eigenvalue weighted by Gasteiger charge is 2.15. The highest BCUT2D eigenvalue weighted by atomic mass is 32.2. The lowest BCUT2D eigenvalue weighted by atomic mass is 10.1. The topological polar surface area (TPSA) is 56.0 Å². The SMILES string of the molecule is CSc1ccc(-c2ncccc2[N+](=O)[O-])cc1. The molecule has 0 N–H and O–H groups in total. The number of nitrogens with zero attached hydrogens (tertiary/aromatic N) is 2. The Morgan fingerprint density at radius 3 is 2.53 bits per heavy atom. The van der Waals surface area contributed by atoms with Gasteiger partial charge in [0, 0.05) is 22.7 Å². The van der Waals surface area contributed by atoms with E-state index in [9.17, 15) is 10.1 Å². The van der Waals surface area contributed by atoms with E-state index in [1.165, 1.54) is 6.07 Å². The van der Waals surface area contributed by atoms with Gasteiger partial charge < -0.3 is 0 Å². The first-order chi connectivity index (χ1) is 8.22. The lowest BCUT2D eigenvalue weighted by Crippen LogP contribution is -1.93. The molecule has 0 aliphatic rings. The van der Waals surface area contributed by atoms with E-state index in [-0.39, 0.29) is 5.69 Å². The molecule has 2 rings (SSSR count). The Kier molecular flexibility index (Phi) is 3.39. The van der Waals surface area contributed by atoms with Gasteiger partial charge in [0.15, 0.2) is 0 Å². The Balaban J connectivity index is 2.48. The molecular weight excluding hydrogens is 236 g/mol. The molecule has 0 radical (unpaired) electrons. The maximum atomic E-state index is 10.9. The Labute approximate surface area is 103 Å². The lowest BCUT2D eigenvalue weighted by molar-refractivity contribution is -0.384. The minimum Gasteiger partial charge on any atom is -0.258 e. The van der Waals surface area contributed by atoms with Crippen molar-refractivity contribution in [3.05, 3.63) is 52.7 Å². The highest BCUT2D eigenvalue weighted by Crippen LogP contribution is 2.28. The molecule has 1 aromatic carbocycles. The number of rotatable bonds is 3. The van der Waals surface area contributed by atoms with Crippen molar-refractivity contribution in [3.8, 4) is 11.3 Å². The van der Waals surface area contributed by atoms with Gasteiger partial charge in [-0.25, -0.2) is 4.98 Å². The lowest BCUT2D eigenvalue weighted by Gasteiger charge is -2.02. The molecule has 4 nitrogen and oxygen atoms in total. The average Bonchev–Trinajstić information content (AvgIpc) is 2.39. The summed E-state index contributed by atoms with van der Waals surface area (Å²) in [4.78, 5) is 15.7. The van der Waals surface area contributed by atoms with Crippen molar-refractivity contribution in [1.29, 1.82) is 0 Å². The molecule has 0 saturated heterocycles. The van der Waals surface area contributed by atoms with E-state index in [4.69, 9.17) is 0 Å². The van der Waals surface area contributed by atoms with E-state index in [0.717, 1.165) is 10.5 Å². The molecule has 0 aliphatic heterocycles. The minimum absolute atomic E-state index is 0.0319. The van der Waals surface area contributed by atoms with Gasteiger partial charge in [0.05, 0.1) is 4.92 Å². The van der Waals surface area contributed by atoms with Crippen molar-refractivity contribution in [2.45, 2.75) is 4.90 Å². The fourth-order valence-electron chi connectivity index (χ4n) is 1.52. The number of pyridine rings is 1. The summed E-state index contributed by atoms with van der Waals surface area (Å²) in [6.07, 6.45) is 3.54. The van der Waals surface area contributed by atoms with Crippen molar-refractivity contribution in [1.82, 2.24) is 4.98 Å². The van der Waals surface area contributed by atoms with Gasteiger partial charge in [0.1, 0.15) is 5.69 Å². The molecular formula is C12H10N2O2S. The van der Waals surface area contributed by atoms with Crippen LogP contribution in [-0.4, -0.2) is 16.2 Å². The Morgan fingerprint density at radius 1 is 1.24 bits per heavy atom. The van der Waals surface area contributed by atoms with Crippen LogP contribution in [0.15, 0.2) is 47.5 Å². The van der Waals surface area contributed by atoms with Crippen LogP contribution < -0.4 is 0 Å². The average molecular weight is 246 g/mol. The van der Waals surface area contributed by atoms with Gasteiger partial charge >= 0.3 is 0 Å². The number of benzene rings is 1. The van der Waals surface area contributed by atoms with E-state index in [1.54, 1.807) is 24.0 Å². The molecule has 0 unspecified atom stereocenters. The van der Waals surface area contributed by atoms with Crippen molar-refractivity contribution >= 4 is 17.4 Å². The van der Waals surface area contributed by atoms with Crippen LogP contribution in [0.2, 0.25) is 0 Å². The summed E-state index contributed by atoms with van der Waals surface area (Å²) in [5, 5.41) is 10.9. The largest absolute Gasteiger partial charge is 0.295 e. The van der Waals surface area contributed by atoms with E-state index < -0.39 is 4.92 Å². The zero-order valence-electron chi connectivity index (χ0n) is 9.16. The Hall–Kier alpha value is -1.88. The van der Waals surface area contributed by atoms with Gasteiger partial charge in [0.2, 0.25) is 0 Å².